The first-order valence-corrected chi connectivity index (χ1v) is 6.27. The SMILES string of the molecule is CCCC(C#N)C(=O)NCc1sccc1C. The highest BCUT2D eigenvalue weighted by Crippen LogP contribution is 2.15. The molecule has 3 nitrogen and oxygen atoms in total. The van der Waals surface area contributed by atoms with Crippen molar-refractivity contribution < 1.29 is 4.79 Å². The average Bonchev–Trinajstić information content (AvgIpc) is 2.68. The predicted octanol–water partition coefficient (Wildman–Crippen LogP) is 2.61. The first-order chi connectivity index (χ1) is 7.69. The summed E-state index contributed by atoms with van der Waals surface area (Å²) >= 11 is 1.63. The van der Waals surface area contributed by atoms with Gasteiger partial charge in [-0.1, -0.05) is 13.3 Å². The van der Waals surface area contributed by atoms with Gasteiger partial charge in [0.05, 0.1) is 12.6 Å². The number of rotatable bonds is 5. The smallest absolute Gasteiger partial charge is 0.237 e. The quantitative estimate of drug-likeness (QED) is 0.854. The van der Waals surface area contributed by atoms with E-state index < -0.39 is 5.92 Å². The van der Waals surface area contributed by atoms with Gasteiger partial charge in [0, 0.05) is 4.88 Å². The summed E-state index contributed by atoms with van der Waals surface area (Å²) in [5, 5.41) is 13.6. The van der Waals surface area contributed by atoms with Gasteiger partial charge in [-0.15, -0.1) is 11.3 Å². The number of carbonyl (C=O) groups is 1. The van der Waals surface area contributed by atoms with Crippen molar-refractivity contribution in [3.05, 3.63) is 21.9 Å². The Balaban J connectivity index is 2.46. The minimum atomic E-state index is -0.509. The zero-order chi connectivity index (χ0) is 12.0. The molecule has 1 N–H and O–H groups in total. The number of hydrogen-bond acceptors (Lipinski definition) is 3. The van der Waals surface area contributed by atoms with E-state index >= 15 is 0 Å². The zero-order valence-corrected chi connectivity index (χ0v) is 10.4. The predicted molar refractivity (Wildman–Crippen MR) is 64.9 cm³/mol. The summed E-state index contributed by atoms with van der Waals surface area (Å²) in [6.07, 6.45) is 1.48. The van der Waals surface area contributed by atoms with E-state index in [2.05, 4.69) is 5.32 Å². The van der Waals surface area contributed by atoms with Crippen molar-refractivity contribution >= 4 is 17.2 Å². The Kier molecular flexibility index (Phi) is 5.00. The van der Waals surface area contributed by atoms with Gasteiger partial charge < -0.3 is 5.32 Å². The number of amides is 1. The molecule has 0 radical (unpaired) electrons. The third-order valence-electron chi connectivity index (χ3n) is 2.44. The number of nitrogens with one attached hydrogen (secondary N) is 1. The van der Waals surface area contributed by atoms with Crippen molar-refractivity contribution in [2.45, 2.75) is 33.2 Å². The maximum absolute atomic E-state index is 11.6. The summed E-state index contributed by atoms with van der Waals surface area (Å²) in [6.45, 7) is 4.52. The van der Waals surface area contributed by atoms with Crippen molar-refractivity contribution in [2.24, 2.45) is 5.92 Å². The second-order valence-electron chi connectivity index (χ2n) is 3.71. The second kappa shape index (κ2) is 6.29. The van der Waals surface area contributed by atoms with Crippen LogP contribution < -0.4 is 5.32 Å². The number of hydrogen-bond donors (Lipinski definition) is 1. The van der Waals surface area contributed by atoms with Gasteiger partial charge in [-0.2, -0.15) is 5.26 Å². The molecular weight excluding hydrogens is 220 g/mol. The molecule has 0 aliphatic carbocycles. The van der Waals surface area contributed by atoms with E-state index in [1.165, 1.54) is 5.56 Å². The summed E-state index contributed by atoms with van der Waals surface area (Å²) in [7, 11) is 0. The Hall–Kier alpha value is -1.34. The van der Waals surface area contributed by atoms with E-state index in [0.29, 0.717) is 13.0 Å². The van der Waals surface area contributed by atoms with Crippen molar-refractivity contribution in [2.75, 3.05) is 0 Å². The first-order valence-electron chi connectivity index (χ1n) is 5.39. The van der Waals surface area contributed by atoms with Gasteiger partial charge in [0.1, 0.15) is 5.92 Å². The number of thiophene rings is 1. The number of carbonyl (C=O) groups excluding carboxylic acids is 1. The van der Waals surface area contributed by atoms with E-state index in [0.717, 1.165) is 11.3 Å². The van der Waals surface area contributed by atoms with Crippen LogP contribution in [-0.4, -0.2) is 5.91 Å². The van der Waals surface area contributed by atoms with Gasteiger partial charge in [0.25, 0.3) is 0 Å². The van der Waals surface area contributed by atoms with Gasteiger partial charge in [0.2, 0.25) is 5.91 Å². The molecule has 1 amide bonds. The van der Waals surface area contributed by atoms with E-state index in [1.54, 1.807) is 11.3 Å². The highest BCUT2D eigenvalue weighted by atomic mass is 32.1. The lowest BCUT2D eigenvalue weighted by molar-refractivity contribution is -0.123. The van der Waals surface area contributed by atoms with Crippen LogP contribution in [0.25, 0.3) is 0 Å². The average molecular weight is 236 g/mol. The van der Waals surface area contributed by atoms with Crippen LogP contribution in [0.2, 0.25) is 0 Å². The van der Waals surface area contributed by atoms with Crippen LogP contribution in [0.15, 0.2) is 11.4 Å². The molecular formula is C12H16N2OS. The molecule has 0 aromatic carbocycles. The molecule has 1 heterocycles. The Morgan fingerprint density at radius 2 is 2.44 bits per heavy atom. The Bertz CT molecular complexity index is 392. The van der Waals surface area contributed by atoms with E-state index in [9.17, 15) is 4.79 Å². The van der Waals surface area contributed by atoms with Gasteiger partial charge >= 0.3 is 0 Å². The molecule has 1 unspecified atom stereocenters. The second-order valence-corrected chi connectivity index (χ2v) is 4.72. The standard InChI is InChI=1S/C12H16N2OS/c1-3-4-10(7-13)12(15)14-8-11-9(2)5-6-16-11/h5-6,10H,3-4,8H2,1-2H3,(H,14,15). The van der Waals surface area contributed by atoms with Crippen LogP contribution >= 0.6 is 11.3 Å². The minimum Gasteiger partial charge on any atom is -0.350 e. The highest BCUT2D eigenvalue weighted by molar-refractivity contribution is 7.10. The molecule has 1 aromatic rings. The molecule has 4 heteroatoms. The van der Waals surface area contributed by atoms with Crippen molar-refractivity contribution in [3.63, 3.8) is 0 Å². The van der Waals surface area contributed by atoms with Crippen LogP contribution in [0.5, 0.6) is 0 Å². The van der Waals surface area contributed by atoms with Crippen LogP contribution in [0, 0.1) is 24.2 Å². The van der Waals surface area contributed by atoms with Gasteiger partial charge in [-0.25, -0.2) is 0 Å². The minimum absolute atomic E-state index is 0.155. The fourth-order valence-electron chi connectivity index (χ4n) is 1.42. The van der Waals surface area contributed by atoms with E-state index in [1.807, 2.05) is 31.4 Å². The Morgan fingerprint density at radius 3 is 2.94 bits per heavy atom. The fraction of sp³-hybridized carbons (Fsp3) is 0.500. The third kappa shape index (κ3) is 3.35. The largest absolute Gasteiger partial charge is 0.350 e. The highest BCUT2D eigenvalue weighted by Gasteiger charge is 2.16. The van der Waals surface area contributed by atoms with Crippen molar-refractivity contribution in [1.29, 1.82) is 5.26 Å². The summed E-state index contributed by atoms with van der Waals surface area (Å²) < 4.78 is 0. The van der Waals surface area contributed by atoms with E-state index in [4.69, 9.17) is 5.26 Å². The molecule has 0 spiro atoms. The molecule has 1 rings (SSSR count). The molecule has 0 fully saturated rings. The number of aryl methyl sites for hydroxylation is 1. The van der Waals surface area contributed by atoms with Gasteiger partial charge in [-0.05, 0) is 30.4 Å². The number of nitriles is 1. The monoisotopic (exact) mass is 236 g/mol. The maximum atomic E-state index is 11.6. The van der Waals surface area contributed by atoms with Gasteiger partial charge in [0.15, 0.2) is 0 Å². The summed E-state index contributed by atoms with van der Waals surface area (Å²) in [5.41, 5.74) is 1.19. The zero-order valence-electron chi connectivity index (χ0n) is 9.62. The summed E-state index contributed by atoms with van der Waals surface area (Å²) in [4.78, 5) is 12.8. The molecule has 1 atom stereocenters. The van der Waals surface area contributed by atoms with E-state index in [-0.39, 0.29) is 5.91 Å². The molecule has 0 bridgehead atoms. The lowest BCUT2D eigenvalue weighted by Crippen LogP contribution is -2.29. The van der Waals surface area contributed by atoms with Crippen LogP contribution in [0.1, 0.15) is 30.2 Å². The molecule has 0 aliphatic heterocycles. The Labute approximate surface area is 100 Å². The maximum Gasteiger partial charge on any atom is 0.237 e. The molecule has 0 aliphatic rings. The van der Waals surface area contributed by atoms with Crippen LogP contribution in [0.4, 0.5) is 0 Å². The topological polar surface area (TPSA) is 52.9 Å². The normalized spacial score (nSPS) is 11.8. The first kappa shape index (κ1) is 12.7. The molecule has 1 aromatic heterocycles. The molecule has 86 valence electrons. The Morgan fingerprint density at radius 1 is 1.69 bits per heavy atom. The van der Waals surface area contributed by atoms with Gasteiger partial charge in [-0.3, -0.25) is 4.79 Å². The fourth-order valence-corrected chi connectivity index (χ4v) is 2.26. The van der Waals surface area contributed by atoms with Crippen molar-refractivity contribution in [1.82, 2.24) is 5.32 Å². The molecule has 0 saturated heterocycles. The molecule has 16 heavy (non-hydrogen) atoms. The third-order valence-corrected chi connectivity index (χ3v) is 3.46. The molecule has 0 saturated carbocycles. The summed E-state index contributed by atoms with van der Waals surface area (Å²) in [6, 6.07) is 4.07. The van der Waals surface area contributed by atoms with Crippen molar-refractivity contribution in [3.8, 4) is 6.07 Å². The van der Waals surface area contributed by atoms with Crippen LogP contribution in [0.3, 0.4) is 0 Å². The summed E-state index contributed by atoms with van der Waals surface area (Å²) in [5.74, 6) is -0.664. The number of nitrogens with zero attached hydrogens (tertiary/aromatic N) is 1. The lowest BCUT2D eigenvalue weighted by Gasteiger charge is -2.08. The lowest BCUT2D eigenvalue weighted by atomic mass is 10.1. The van der Waals surface area contributed by atoms with Crippen LogP contribution in [-0.2, 0) is 11.3 Å².